The number of amides is 1. The molecule has 0 aliphatic carbocycles. The molecule has 0 fully saturated rings. The lowest BCUT2D eigenvalue weighted by Gasteiger charge is -2.19. The first kappa shape index (κ1) is 17.4. The van der Waals surface area contributed by atoms with E-state index in [9.17, 15) is 9.59 Å². The van der Waals surface area contributed by atoms with Gasteiger partial charge >= 0.3 is 5.63 Å². The van der Waals surface area contributed by atoms with Crippen molar-refractivity contribution in [2.75, 3.05) is 11.4 Å². The predicted octanol–water partition coefficient (Wildman–Crippen LogP) is 4.97. The Bertz CT molecular complexity index is 1300. The van der Waals surface area contributed by atoms with Gasteiger partial charge < -0.3 is 9.32 Å². The molecule has 29 heavy (non-hydrogen) atoms. The maximum absolute atomic E-state index is 13.6. The van der Waals surface area contributed by atoms with Crippen molar-refractivity contribution in [2.24, 2.45) is 0 Å². The van der Waals surface area contributed by atoms with Crippen molar-refractivity contribution in [3.8, 4) is 11.1 Å². The van der Waals surface area contributed by atoms with Gasteiger partial charge in [-0.2, -0.15) is 0 Å². The molecule has 1 aliphatic heterocycles. The van der Waals surface area contributed by atoms with Crippen LogP contribution in [0.1, 0.15) is 21.7 Å². The Morgan fingerprint density at radius 2 is 1.59 bits per heavy atom. The van der Waals surface area contributed by atoms with Crippen molar-refractivity contribution in [3.63, 3.8) is 0 Å². The van der Waals surface area contributed by atoms with Crippen LogP contribution in [0.15, 0.2) is 82.0 Å². The molecular formula is C25H19NO3. The number of carbonyl (C=O) groups excluding carboxylic acids is 1. The number of rotatable bonds is 2. The highest BCUT2D eigenvalue weighted by atomic mass is 16.4. The zero-order valence-corrected chi connectivity index (χ0v) is 16.0. The van der Waals surface area contributed by atoms with Crippen LogP contribution in [0.3, 0.4) is 0 Å². The SMILES string of the molecule is Cc1ccc(-c2c(C(=O)N3CCc4ccccc43)oc(=O)c3ccccc23)cc1. The first-order valence-corrected chi connectivity index (χ1v) is 9.66. The quantitative estimate of drug-likeness (QED) is 0.492. The summed E-state index contributed by atoms with van der Waals surface area (Å²) in [5.74, 6) is -0.192. The summed E-state index contributed by atoms with van der Waals surface area (Å²) in [6.45, 7) is 2.59. The fraction of sp³-hybridized carbons (Fsp3) is 0.120. The van der Waals surface area contributed by atoms with Gasteiger partial charge in [-0.05, 0) is 36.6 Å². The molecule has 0 unspecified atom stereocenters. The minimum Gasteiger partial charge on any atom is -0.416 e. The molecule has 4 nitrogen and oxygen atoms in total. The van der Waals surface area contributed by atoms with Crippen LogP contribution < -0.4 is 10.5 Å². The lowest BCUT2D eigenvalue weighted by Crippen LogP contribution is -2.30. The molecule has 0 saturated heterocycles. The fourth-order valence-electron chi connectivity index (χ4n) is 4.03. The van der Waals surface area contributed by atoms with Crippen LogP contribution >= 0.6 is 0 Å². The first-order chi connectivity index (χ1) is 14.1. The van der Waals surface area contributed by atoms with E-state index in [4.69, 9.17) is 4.42 Å². The van der Waals surface area contributed by atoms with Crippen LogP contribution in [0, 0.1) is 6.92 Å². The molecule has 4 aromatic rings. The van der Waals surface area contributed by atoms with E-state index in [1.807, 2.05) is 67.6 Å². The van der Waals surface area contributed by atoms with Crippen LogP contribution in [0.25, 0.3) is 21.9 Å². The van der Waals surface area contributed by atoms with Gasteiger partial charge in [0.15, 0.2) is 0 Å². The van der Waals surface area contributed by atoms with Gasteiger partial charge in [0, 0.05) is 23.2 Å². The molecule has 4 heteroatoms. The molecule has 2 heterocycles. The number of benzene rings is 3. The average Bonchev–Trinajstić information content (AvgIpc) is 3.18. The molecule has 1 aromatic heterocycles. The van der Waals surface area contributed by atoms with E-state index in [-0.39, 0.29) is 11.7 Å². The van der Waals surface area contributed by atoms with Crippen molar-refractivity contribution in [2.45, 2.75) is 13.3 Å². The fourth-order valence-corrected chi connectivity index (χ4v) is 4.03. The summed E-state index contributed by atoms with van der Waals surface area (Å²) in [7, 11) is 0. The molecule has 0 atom stereocenters. The summed E-state index contributed by atoms with van der Waals surface area (Å²) in [4.78, 5) is 27.9. The van der Waals surface area contributed by atoms with Crippen LogP contribution in [0.2, 0.25) is 0 Å². The molecular weight excluding hydrogens is 362 g/mol. The lowest BCUT2D eigenvalue weighted by molar-refractivity contribution is 0.0960. The van der Waals surface area contributed by atoms with Gasteiger partial charge in [0.05, 0.1) is 5.39 Å². The van der Waals surface area contributed by atoms with Gasteiger partial charge in [-0.15, -0.1) is 0 Å². The number of hydrogen-bond acceptors (Lipinski definition) is 3. The third-order valence-electron chi connectivity index (χ3n) is 5.50. The van der Waals surface area contributed by atoms with Gasteiger partial charge in [-0.3, -0.25) is 4.79 Å². The first-order valence-electron chi connectivity index (χ1n) is 9.66. The van der Waals surface area contributed by atoms with Crippen molar-refractivity contribution >= 4 is 22.4 Å². The smallest absolute Gasteiger partial charge is 0.344 e. The van der Waals surface area contributed by atoms with Gasteiger partial charge in [-0.1, -0.05) is 66.2 Å². The molecule has 1 aliphatic rings. The maximum Gasteiger partial charge on any atom is 0.344 e. The molecule has 5 rings (SSSR count). The summed E-state index contributed by atoms with van der Waals surface area (Å²) in [6, 6.07) is 23.1. The monoisotopic (exact) mass is 381 g/mol. The minimum absolute atomic E-state index is 0.0919. The van der Waals surface area contributed by atoms with Crippen molar-refractivity contribution in [1.82, 2.24) is 0 Å². The number of carbonyl (C=O) groups is 1. The van der Waals surface area contributed by atoms with Crippen molar-refractivity contribution < 1.29 is 9.21 Å². The number of fused-ring (bicyclic) bond motifs is 2. The summed E-state index contributed by atoms with van der Waals surface area (Å²) in [5.41, 5.74) is 4.15. The van der Waals surface area contributed by atoms with Crippen LogP contribution in [-0.2, 0) is 6.42 Å². The minimum atomic E-state index is -0.493. The highest BCUT2D eigenvalue weighted by molar-refractivity contribution is 6.13. The number of anilines is 1. The van der Waals surface area contributed by atoms with Gasteiger partial charge in [-0.25, -0.2) is 4.79 Å². The second kappa shape index (κ2) is 6.74. The second-order valence-electron chi connectivity index (χ2n) is 7.34. The highest BCUT2D eigenvalue weighted by Gasteiger charge is 2.30. The third kappa shape index (κ3) is 2.85. The van der Waals surface area contributed by atoms with E-state index in [1.165, 1.54) is 0 Å². The second-order valence-corrected chi connectivity index (χ2v) is 7.34. The van der Waals surface area contributed by atoms with Crippen LogP contribution in [0.5, 0.6) is 0 Å². The number of hydrogen-bond donors (Lipinski definition) is 0. The summed E-state index contributed by atoms with van der Waals surface area (Å²) < 4.78 is 5.65. The van der Waals surface area contributed by atoms with E-state index < -0.39 is 5.63 Å². The molecule has 0 bridgehead atoms. The summed E-state index contributed by atoms with van der Waals surface area (Å²) in [6.07, 6.45) is 0.791. The van der Waals surface area contributed by atoms with Gasteiger partial charge in [0.1, 0.15) is 0 Å². The highest BCUT2D eigenvalue weighted by Crippen LogP contribution is 2.34. The third-order valence-corrected chi connectivity index (χ3v) is 5.50. The van der Waals surface area contributed by atoms with Crippen molar-refractivity contribution in [3.05, 3.63) is 100 Å². The Labute approximate surface area is 168 Å². The van der Waals surface area contributed by atoms with E-state index in [0.717, 1.165) is 34.2 Å². The van der Waals surface area contributed by atoms with Gasteiger partial charge in [0.25, 0.3) is 5.91 Å². The van der Waals surface area contributed by atoms with Crippen LogP contribution in [0.4, 0.5) is 5.69 Å². The zero-order chi connectivity index (χ0) is 20.0. The number of nitrogens with zero attached hydrogens (tertiary/aromatic N) is 1. The molecule has 1 amide bonds. The Morgan fingerprint density at radius 3 is 2.38 bits per heavy atom. The maximum atomic E-state index is 13.6. The molecule has 0 spiro atoms. The van der Waals surface area contributed by atoms with Crippen molar-refractivity contribution in [1.29, 1.82) is 0 Å². The standard InChI is InChI=1S/C25H19NO3/c1-16-10-12-18(13-11-16)22-19-7-3-4-8-20(19)25(28)29-23(22)24(27)26-15-14-17-6-2-5-9-21(17)26/h2-13H,14-15H2,1H3. The summed E-state index contributed by atoms with van der Waals surface area (Å²) >= 11 is 0. The Morgan fingerprint density at radius 1 is 0.897 bits per heavy atom. The average molecular weight is 381 g/mol. The zero-order valence-electron chi connectivity index (χ0n) is 16.0. The number of para-hydroxylation sites is 1. The topological polar surface area (TPSA) is 50.5 Å². The normalized spacial score (nSPS) is 12.9. The van der Waals surface area contributed by atoms with E-state index >= 15 is 0 Å². The van der Waals surface area contributed by atoms with E-state index in [0.29, 0.717) is 17.5 Å². The summed E-state index contributed by atoms with van der Waals surface area (Å²) in [5, 5.41) is 1.20. The van der Waals surface area contributed by atoms with Crippen LogP contribution in [-0.4, -0.2) is 12.5 Å². The largest absolute Gasteiger partial charge is 0.416 e. The number of aryl methyl sites for hydroxylation is 1. The lowest BCUT2D eigenvalue weighted by atomic mass is 9.97. The molecule has 0 saturated carbocycles. The van der Waals surface area contributed by atoms with E-state index in [2.05, 4.69) is 0 Å². The Hall–Kier alpha value is -3.66. The van der Waals surface area contributed by atoms with E-state index in [1.54, 1.807) is 17.0 Å². The van der Waals surface area contributed by atoms with Gasteiger partial charge in [0.2, 0.25) is 5.76 Å². The molecule has 0 N–H and O–H groups in total. The Balaban J connectivity index is 1.76. The molecule has 0 radical (unpaired) electrons. The molecule has 3 aromatic carbocycles. The molecule has 142 valence electrons. The predicted molar refractivity (Wildman–Crippen MR) is 114 cm³/mol. The Kier molecular flexibility index (Phi) is 4.06.